The van der Waals surface area contributed by atoms with Crippen LogP contribution in [-0.4, -0.2) is 16.7 Å². The van der Waals surface area contributed by atoms with Crippen molar-refractivity contribution in [1.82, 2.24) is 5.16 Å². The highest BCUT2D eigenvalue weighted by atomic mass is 35.5. The van der Waals surface area contributed by atoms with E-state index in [-0.39, 0.29) is 12.2 Å². The number of rotatable bonds is 3. The number of carbonyl (C=O) groups is 1. The number of ketones is 1. The molecule has 5 heteroatoms. The van der Waals surface area contributed by atoms with Gasteiger partial charge >= 0.3 is 0 Å². The molecule has 0 fully saturated rings. The quantitative estimate of drug-likeness (QED) is 0.606. The fourth-order valence-corrected chi connectivity index (χ4v) is 3.77. The number of carbonyl (C=O) groups excluding carboxylic acids is 1. The third kappa shape index (κ3) is 3.10. The maximum atomic E-state index is 11.9. The second-order valence-corrected chi connectivity index (χ2v) is 7.35. The summed E-state index contributed by atoms with van der Waals surface area (Å²) in [5.41, 5.74) is 6.72. The highest BCUT2D eigenvalue weighted by molar-refractivity contribution is 6.30. The van der Waals surface area contributed by atoms with E-state index in [0.717, 1.165) is 39.2 Å². The summed E-state index contributed by atoms with van der Waals surface area (Å²) in [7, 11) is 0. The molecule has 0 saturated carbocycles. The Labute approximate surface area is 162 Å². The van der Waals surface area contributed by atoms with Gasteiger partial charge in [-0.25, -0.2) is 0 Å². The second kappa shape index (κ2) is 6.78. The summed E-state index contributed by atoms with van der Waals surface area (Å²) in [6.45, 7) is 5.56. The minimum atomic E-state index is -0.406. The number of aromatic nitrogens is 1. The first-order valence-corrected chi connectivity index (χ1v) is 9.23. The molecular formula is C22H19ClN2O2. The number of aliphatic imine (C=N–C) groups is 1. The number of Topliss-reactive ketones (excluding diaryl/α,β-unsaturated/α-hetero) is 1. The average molecular weight is 379 g/mol. The maximum absolute atomic E-state index is 11.9. The summed E-state index contributed by atoms with van der Waals surface area (Å²) >= 11 is 6.08. The van der Waals surface area contributed by atoms with Gasteiger partial charge in [0, 0.05) is 22.6 Å². The molecule has 4 rings (SSSR count). The van der Waals surface area contributed by atoms with E-state index in [0.29, 0.717) is 10.8 Å². The molecular weight excluding hydrogens is 360 g/mol. The van der Waals surface area contributed by atoms with Gasteiger partial charge < -0.3 is 4.52 Å². The van der Waals surface area contributed by atoms with E-state index >= 15 is 0 Å². The molecule has 1 aliphatic heterocycles. The predicted molar refractivity (Wildman–Crippen MR) is 107 cm³/mol. The molecule has 0 spiro atoms. The van der Waals surface area contributed by atoms with Crippen LogP contribution in [0.15, 0.2) is 52.0 Å². The Kier molecular flexibility index (Phi) is 4.44. The van der Waals surface area contributed by atoms with Crippen molar-refractivity contribution in [3.05, 3.63) is 75.6 Å². The van der Waals surface area contributed by atoms with Gasteiger partial charge in [-0.1, -0.05) is 47.1 Å². The normalized spacial score (nSPS) is 15.6. The molecule has 0 N–H and O–H groups in total. The van der Waals surface area contributed by atoms with Gasteiger partial charge in [0.05, 0.1) is 17.0 Å². The zero-order chi connectivity index (χ0) is 19.1. The Hall–Kier alpha value is -2.72. The fourth-order valence-electron chi connectivity index (χ4n) is 3.65. The Morgan fingerprint density at radius 2 is 1.85 bits per heavy atom. The lowest BCUT2D eigenvalue weighted by molar-refractivity contribution is -0.117. The molecule has 0 radical (unpaired) electrons. The lowest BCUT2D eigenvalue weighted by Gasteiger charge is -2.14. The molecule has 136 valence electrons. The Bertz CT molecular complexity index is 1060. The van der Waals surface area contributed by atoms with Gasteiger partial charge in [-0.15, -0.1) is 0 Å². The van der Waals surface area contributed by atoms with E-state index in [1.165, 1.54) is 0 Å². The molecule has 2 heterocycles. The van der Waals surface area contributed by atoms with E-state index in [2.05, 4.69) is 24.2 Å². The van der Waals surface area contributed by atoms with Crippen molar-refractivity contribution in [2.24, 2.45) is 4.99 Å². The molecule has 1 aliphatic rings. The Balaban J connectivity index is 2.04. The van der Waals surface area contributed by atoms with E-state index < -0.39 is 6.04 Å². The predicted octanol–water partition coefficient (Wildman–Crippen LogP) is 5.48. The SMILES string of the molecule is CC(=O)C[C@@H]1N=C(c2ccc(Cl)cc2)c2c(C)cccc2-c2c(C)noc21. The summed E-state index contributed by atoms with van der Waals surface area (Å²) in [5, 5.41) is 4.83. The van der Waals surface area contributed by atoms with Crippen LogP contribution in [0.4, 0.5) is 0 Å². The van der Waals surface area contributed by atoms with Crippen LogP contribution in [0.5, 0.6) is 0 Å². The van der Waals surface area contributed by atoms with Gasteiger partial charge in [0.15, 0.2) is 5.76 Å². The molecule has 0 saturated heterocycles. The van der Waals surface area contributed by atoms with Crippen molar-refractivity contribution in [2.75, 3.05) is 0 Å². The molecule has 0 unspecified atom stereocenters. The number of hydrogen-bond acceptors (Lipinski definition) is 4. The minimum Gasteiger partial charge on any atom is -0.358 e. The number of hydrogen-bond donors (Lipinski definition) is 0. The largest absolute Gasteiger partial charge is 0.358 e. The van der Waals surface area contributed by atoms with Gasteiger partial charge in [-0.2, -0.15) is 0 Å². The first-order valence-electron chi connectivity index (χ1n) is 8.85. The van der Waals surface area contributed by atoms with Crippen molar-refractivity contribution in [3.63, 3.8) is 0 Å². The van der Waals surface area contributed by atoms with E-state index in [1.54, 1.807) is 6.92 Å². The Morgan fingerprint density at radius 1 is 1.11 bits per heavy atom. The van der Waals surface area contributed by atoms with Crippen molar-refractivity contribution in [1.29, 1.82) is 0 Å². The number of fused-ring (bicyclic) bond motifs is 3. The van der Waals surface area contributed by atoms with Crippen LogP contribution in [0.1, 0.15) is 47.5 Å². The summed E-state index contributed by atoms with van der Waals surface area (Å²) in [6, 6.07) is 13.4. The van der Waals surface area contributed by atoms with Crippen LogP contribution < -0.4 is 0 Å². The lowest BCUT2D eigenvalue weighted by atomic mass is 9.90. The third-order valence-electron chi connectivity index (χ3n) is 4.85. The van der Waals surface area contributed by atoms with E-state index in [1.807, 2.05) is 37.3 Å². The molecule has 1 atom stereocenters. The maximum Gasteiger partial charge on any atom is 0.169 e. The molecule has 1 aromatic heterocycles. The number of benzene rings is 2. The van der Waals surface area contributed by atoms with Gasteiger partial charge in [0.25, 0.3) is 0 Å². The summed E-state index contributed by atoms with van der Waals surface area (Å²) in [6.07, 6.45) is 0.270. The standard InChI is InChI=1S/C22H19ClN2O2/c1-12-5-4-6-17-19(12)21(15-7-9-16(23)10-8-15)24-18(11-13(2)26)22-20(17)14(3)25-27-22/h4-10,18H,11H2,1-3H3/t18-/m0/s1. The topological polar surface area (TPSA) is 55.5 Å². The van der Waals surface area contributed by atoms with Crippen LogP contribution >= 0.6 is 11.6 Å². The summed E-state index contributed by atoms with van der Waals surface area (Å²) < 4.78 is 5.65. The zero-order valence-corrected chi connectivity index (χ0v) is 16.2. The second-order valence-electron chi connectivity index (χ2n) is 6.91. The molecule has 0 bridgehead atoms. The van der Waals surface area contributed by atoms with Crippen LogP contribution in [0, 0.1) is 13.8 Å². The zero-order valence-electron chi connectivity index (χ0n) is 15.4. The van der Waals surface area contributed by atoms with E-state index in [4.69, 9.17) is 21.1 Å². The van der Waals surface area contributed by atoms with Crippen LogP contribution in [0.3, 0.4) is 0 Å². The monoisotopic (exact) mass is 378 g/mol. The molecule has 3 aromatic rings. The summed E-state index contributed by atoms with van der Waals surface area (Å²) in [4.78, 5) is 16.9. The third-order valence-corrected chi connectivity index (χ3v) is 5.11. The number of halogens is 1. The number of aryl methyl sites for hydroxylation is 2. The van der Waals surface area contributed by atoms with Crippen LogP contribution in [0.25, 0.3) is 11.1 Å². The smallest absolute Gasteiger partial charge is 0.169 e. The molecule has 2 aromatic carbocycles. The molecule has 0 amide bonds. The minimum absolute atomic E-state index is 0.0573. The van der Waals surface area contributed by atoms with Crippen molar-refractivity contribution >= 4 is 23.1 Å². The van der Waals surface area contributed by atoms with Gasteiger partial charge in [0.2, 0.25) is 0 Å². The van der Waals surface area contributed by atoms with Gasteiger partial charge in [-0.3, -0.25) is 9.79 Å². The van der Waals surface area contributed by atoms with Crippen molar-refractivity contribution < 1.29 is 9.32 Å². The lowest BCUT2D eigenvalue weighted by Crippen LogP contribution is -2.09. The van der Waals surface area contributed by atoms with Gasteiger partial charge in [-0.05, 0) is 44.0 Å². The molecule has 4 nitrogen and oxygen atoms in total. The number of nitrogens with zero attached hydrogens (tertiary/aromatic N) is 2. The first kappa shape index (κ1) is 17.7. The first-order chi connectivity index (χ1) is 13.0. The fraction of sp³-hybridized carbons (Fsp3) is 0.227. The highest BCUT2D eigenvalue weighted by Crippen LogP contribution is 2.41. The van der Waals surface area contributed by atoms with Gasteiger partial charge in [0.1, 0.15) is 11.8 Å². The average Bonchev–Trinajstić information content (AvgIpc) is 2.94. The van der Waals surface area contributed by atoms with Crippen LogP contribution in [-0.2, 0) is 4.79 Å². The van der Waals surface area contributed by atoms with Crippen LogP contribution in [0.2, 0.25) is 5.02 Å². The Morgan fingerprint density at radius 3 is 2.56 bits per heavy atom. The highest BCUT2D eigenvalue weighted by Gasteiger charge is 2.31. The summed E-state index contributed by atoms with van der Waals surface area (Å²) in [5.74, 6) is 0.709. The van der Waals surface area contributed by atoms with E-state index in [9.17, 15) is 4.79 Å². The van der Waals surface area contributed by atoms with Crippen molar-refractivity contribution in [3.8, 4) is 11.1 Å². The molecule has 27 heavy (non-hydrogen) atoms. The molecule has 0 aliphatic carbocycles. The van der Waals surface area contributed by atoms with Crippen molar-refractivity contribution in [2.45, 2.75) is 33.2 Å².